The molecule has 3 aromatic carbocycles. The van der Waals surface area contributed by atoms with Crippen molar-refractivity contribution in [1.82, 2.24) is 40.4 Å². The van der Waals surface area contributed by atoms with Crippen molar-refractivity contribution in [2.24, 2.45) is 0 Å². The van der Waals surface area contributed by atoms with Crippen molar-refractivity contribution in [2.45, 2.75) is 86.4 Å². The zero-order valence-electron chi connectivity index (χ0n) is 39.1. The third-order valence-electron chi connectivity index (χ3n) is 11.8. The molecule has 7 rings (SSSR count). The molecule has 2 aliphatic heterocycles. The summed E-state index contributed by atoms with van der Waals surface area (Å²) >= 11 is 3.47. The molecule has 2 fully saturated rings. The number of aliphatic carboxylic acids is 2. The molecule has 4 amide bonds. The first-order chi connectivity index (χ1) is 34.3. The van der Waals surface area contributed by atoms with Gasteiger partial charge < -0.3 is 50.2 Å². The number of hydrogen-bond acceptors (Lipinski definition) is 12. The number of rotatable bonds is 24. The normalized spacial score (nSPS) is 15.4. The van der Waals surface area contributed by atoms with E-state index < -0.39 is 60.6 Å². The van der Waals surface area contributed by atoms with E-state index >= 15 is 0 Å². The van der Waals surface area contributed by atoms with Crippen LogP contribution in [0.1, 0.15) is 81.4 Å². The molecule has 2 saturated heterocycles. The zero-order valence-corrected chi connectivity index (χ0v) is 40.7. The maximum atomic E-state index is 13.4. The van der Waals surface area contributed by atoms with E-state index in [1.54, 1.807) is 35.9 Å². The third kappa shape index (κ3) is 16.5. The molecule has 6 N–H and O–H groups in total. The number of carbonyl (C=O) groups excluding carboxylic acids is 6. The molecular formula is C51H58N8O10S2. The number of carboxylic acids is 2. The van der Waals surface area contributed by atoms with Gasteiger partial charge in [-0.3, -0.25) is 28.8 Å². The van der Waals surface area contributed by atoms with Crippen LogP contribution in [0.5, 0.6) is 0 Å². The average molecular weight is 1010 g/mol. The molecule has 2 aliphatic rings. The number of H-pyrrole nitrogens is 2. The van der Waals surface area contributed by atoms with Gasteiger partial charge in [0.25, 0.3) is 11.8 Å². The van der Waals surface area contributed by atoms with Crippen LogP contribution in [-0.4, -0.2) is 141 Å². The molecule has 18 nitrogen and oxygen atoms in total. The summed E-state index contributed by atoms with van der Waals surface area (Å²) in [6.45, 7) is 0.290. The predicted octanol–water partition coefficient (Wildman–Crippen LogP) is 4.56. The Morgan fingerprint density at radius 2 is 1.17 bits per heavy atom. The van der Waals surface area contributed by atoms with E-state index in [0.717, 1.165) is 67.0 Å². The van der Waals surface area contributed by atoms with E-state index in [2.05, 4.69) is 54.8 Å². The minimum atomic E-state index is -1.21. The number of thioether (sulfide) groups is 2. The van der Waals surface area contributed by atoms with E-state index in [0.29, 0.717) is 32.0 Å². The van der Waals surface area contributed by atoms with Crippen LogP contribution in [0.15, 0.2) is 103 Å². The van der Waals surface area contributed by atoms with Crippen molar-refractivity contribution in [3.63, 3.8) is 0 Å². The first-order valence-electron chi connectivity index (χ1n) is 23.3. The van der Waals surface area contributed by atoms with Crippen LogP contribution in [0.4, 0.5) is 0 Å². The van der Waals surface area contributed by atoms with Gasteiger partial charge in [0.15, 0.2) is 11.6 Å². The highest BCUT2D eigenvalue weighted by molar-refractivity contribution is 8.21. The number of nitrogens with one attached hydrogen (secondary N) is 4. The second-order valence-corrected chi connectivity index (χ2v) is 20.4. The lowest BCUT2D eigenvalue weighted by Gasteiger charge is -2.24. The monoisotopic (exact) mass is 1010 g/mol. The van der Waals surface area contributed by atoms with Gasteiger partial charge in [-0.25, -0.2) is 9.97 Å². The summed E-state index contributed by atoms with van der Waals surface area (Å²) in [6.07, 6.45) is 9.05. The van der Waals surface area contributed by atoms with Gasteiger partial charge in [-0.1, -0.05) is 91.0 Å². The van der Waals surface area contributed by atoms with Gasteiger partial charge in [0.05, 0.1) is 35.5 Å². The first-order valence-corrected chi connectivity index (χ1v) is 25.3. The molecule has 1 spiro atoms. The van der Waals surface area contributed by atoms with E-state index in [-0.39, 0.29) is 34.7 Å². The first kappa shape index (κ1) is 53.3. The van der Waals surface area contributed by atoms with Crippen molar-refractivity contribution >= 4 is 71.7 Å². The van der Waals surface area contributed by atoms with Gasteiger partial charge in [0.2, 0.25) is 11.8 Å². The van der Waals surface area contributed by atoms with Gasteiger partial charge >= 0.3 is 11.9 Å². The number of imidazole rings is 2. The van der Waals surface area contributed by atoms with Crippen LogP contribution in [-0.2, 0) is 60.9 Å². The second kappa shape index (κ2) is 26.8. The summed E-state index contributed by atoms with van der Waals surface area (Å²) in [5.74, 6) is -2.17. The predicted molar refractivity (Wildman–Crippen MR) is 268 cm³/mol. The van der Waals surface area contributed by atoms with Crippen LogP contribution < -0.4 is 10.6 Å². The van der Waals surface area contributed by atoms with Crippen molar-refractivity contribution in [3.8, 4) is 0 Å². The number of hydrogen-bond donors (Lipinski definition) is 6. The summed E-state index contributed by atoms with van der Waals surface area (Å²) in [5, 5.41) is 22.8. The zero-order chi connectivity index (χ0) is 50.6. The molecule has 20 heteroatoms. The maximum Gasteiger partial charge on any atom is 0.305 e. The molecule has 0 aliphatic carbocycles. The Hall–Kier alpha value is -7.06. The molecule has 2 aromatic heterocycles. The summed E-state index contributed by atoms with van der Waals surface area (Å²) in [7, 11) is 0. The number of aldehydes is 2. The highest BCUT2D eigenvalue weighted by atomic mass is 32.2. The maximum absolute atomic E-state index is 13.4. The van der Waals surface area contributed by atoms with Crippen LogP contribution in [0.25, 0.3) is 0 Å². The van der Waals surface area contributed by atoms with E-state index in [1.165, 1.54) is 20.9 Å². The van der Waals surface area contributed by atoms with E-state index in [9.17, 15) is 38.4 Å². The number of benzene rings is 3. The topological polar surface area (TPSA) is 265 Å². The number of likely N-dealkylation sites (tertiary alicyclic amines) is 1. The molecule has 3 atom stereocenters. The lowest BCUT2D eigenvalue weighted by atomic mass is 10.1. The summed E-state index contributed by atoms with van der Waals surface area (Å²) in [5.41, 5.74) is 5.16. The summed E-state index contributed by atoms with van der Waals surface area (Å²) < 4.78 is -0.285. The second-order valence-electron chi connectivity index (χ2n) is 17.2. The quantitative estimate of drug-likeness (QED) is 0.0463. The van der Waals surface area contributed by atoms with Gasteiger partial charge in [-0.2, -0.15) is 0 Å². The fourth-order valence-electron chi connectivity index (χ4n) is 8.23. The van der Waals surface area contributed by atoms with E-state index in [4.69, 9.17) is 10.2 Å². The largest absolute Gasteiger partial charge is 0.481 e. The molecule has 374 valence electrons. The van der Waals surface area contributed by atoms with Gasteiger partial charge in [-0.05, 0) is 61.6 Å². The highest BCUT2D eigenvalue weighted by Gasteiger charge is 2.52. The number of nitrogens with zero attached hydrogens (tertiary/aromatic N) is 4. The van der Waals surface area contributed by atoms with Crippen molar-refractivity contribution < 1.29 is 48.6 Å². The number of carboxylic acid groups (broad SMARTS) is 2. The van der Waals surface area contributed by atoms with Gasteiger partial charge in [-0.15, -0.1) is 23.5 Å². The SMILES string of the molecule is O=C[C@H](CC(=O)O)NC(=O)CN(CCc1ccccc1)C(=O)c1ncc(CCCc2ccccc2)[nH]1.O=C[C@H](CC(=O)O)NC(=O)[C@@H]1CC2(CN1C(=O)c1ncc(CCCc3ccccc3)[nH]1)SCCS2. The Bertz CT molecular complexity index is 2570. The lowest BCUT2D eigenvalue weighted by Crippen LogP contribution is -2.49. The molecule has 0 bridgehead atoms. The standard InChI is InChI=1S/C27H30N4O5.C24H28N4O5S2/c32-19-23(16-25(34)35)29-24(33)18-31(15-14-21-10-5-2-6-11-21)27(36)26-28-17-22(30-26)13-7-12-20-8-3-1-4-9-20;29-14-18(11-20(30)31)27-22(32)19-12-24(34-9-10-35-24)15-28(19)23(33)21-25-13-17(26-21)8-4-7-16-5-2-1-3-6-16/h1-6,8-11,17,19,23H,7,12-16,18H2,(H,28,30)(H,29,33)(H,34,35);1-3,5-6,13-14,18-19H,4,7-12,15H2,(H,25,26)(H,27,32)(H,30,31)/t23-;18-,19-/m00/s1. The van der Waals surface area contributed by atoms with Gasteiger partial charge in [0, 0.05) is 54.8 Å². The van der Waals surface area contributed by atoms with E-state index in [1.807, 2.05) is 66.7 Å². The van der Waals surface area contributed by atoms with Crippen molar-refractivity contribution in [3.05, 3.63) is 143 Å². The number of carbonyl (C=O) groups is 8. The summed E-state index contributed by atoms with van der Waals surface area (Å²) in [4.78, 5) is 114. The Morgan fingerprint density at radius 1 is 0.690 bits per heavy atom. The Morgan fingerprint density at radius 3 is 1.68 bits per heavy atom. The van der Waals surface area contributed by atoms with Crippen LogP contribution >= 0.6 is 23.5 Å². The minimum absolute atomic E-state index is 0.128. The molecule has 0 saturated carbocycles. The molecule has 0 unspecified atom stereocenters. The molecule has 5 aromatic rings. The van der Waals surface area contributed by atoms with Crippen LogP contribution in [0.2, 0.25) is 0 Å². The Balaban J connectivity index is 0.000000232. The third-order valence-corrected chi connectivity index (χ3v) is 15.2. The van der Waals surface area contributed by atoms with Crippen LogP contribution in [0.3, 0.4) is 0 Å². The average Bonchev–Trinajstić information content (AvgIpc) is 4.22. The number of amides is 4. The number of aromatic amines is 2. The highest BCUT2D eigenvalue weighted by Crippen LogP contribution is 2.52. The number of aryl methyl sites for hydroxylation is 4. The minimum Gasteiger partial charge on any atom is -0.481 e. The smallest absolute Gasteiger partial charge is 0.305 e. The fourth-order valence-corrected chi connectivity index (χ4v) is 11.5. The fraction of sp³-hybridized carbons (Fsp3) is 0.373. The number of aromatic nitrogens is 4. The van der Waals surface area contributed by atoms with Crippen LogP contribution in [0, 0.1) is 0 Å². The van der Waals surface area contributed by atoms with Crippen molar-refractivity contribution in [1.29, 1.82) is 0 Å². The van der Waals surface area contributed by atoms with Crippen molar-refractivity contribution in [2.75, 3.05) is 31.1 Å². The molecule has 4 heterocycles. The molecule has 0 radical (unpaired) electrons. The summed E-state index contributed by atoms with van der Waals surface area (Å²) in [6, 6.07) is 26.7. The Kier molecular flexibility index (Phi) is 20.1. The Labute approximate surface area is 419 Å². The van der Waals surface area contributed by atoms with Gasteiger partial charge in [0.1, 0.15) is 18.6 Å². The molecular weight excluding hydrogens is 949 g/mol. The lowest BCUT2D eigenvalue weighted by molar-refractivity contribution is -0.139. The molecule has 71 heavy (non-hydrogen) atoms.